The molecule has 1 aromatic heterocycles. The number of ketones is 1. The van der Waals surface area contributed by atoms with Crippen molar-refractivity contribution in [3.05, 3.63) is 24.3 Å². The maximum atomic E-state index is 11.9. The van der Waals surface area contributed by atoms with E-state index >= 15 is 0 Å². The third-order valence-electron chi connectivity index (χ3n) is 2.41. The molecule has 1 aromatic rings. The van der Waals surface area contributed by atoms with Crippen LogP contribution < -0.4 is 0 Å². The monoisotopic (exact) mass is 207 g/mol. The topological polar surface area (TPSA) is 55.3 Å². The Morgan fingerprint density at radius 1 is 1.53 bits per heavy atom. The van der Waals surface area contributed by atoms with Crippen molar-refractivity contribution in [2.75, 3.05) is 26.7 Å². The summed E-state index contributed by atoms with van der Waals surface area (Å²) in [6.07, 6.45) is 4.07. The zero-order valence-corrected chi connectivity index (χ0v) is 8.59. The smallest absolute Gasteiger partial charge is 0.195 e. The lowest BCUT2D eigenvalue weighted by atomic mass is 10.1. The lowest BCUT2D eigenvalue weighted by Gasteiger charge is -2.28. The zero-order valence-electron chi connectivity index (χ0n) is 8.59. The molecule has 1 fully saturated rings. The van der Waals surface area contributed by atoms with E-state index in [4.69, 9.17) is 4.74 Å². The number of carbonyl (C=O) groups excluding carboxylic acids is 1. The number of ether oxygens (including phenoxy) is 1. The van der Waals surface area contributed by atoms with E-state index < -0.39 is 0 Å². The normalized spacial score (nSPS) is 22.6. The van der Waals surface area contributed by atoms with Crippen LogP contribution in [0.2, 0.25) is 0 Å². The van der Waals surface area contributed by atoms with Crippen LogP contribution >= 0.6 is 0 Å². The minimum atomic E-state index is -0.380. The number of nitrogens with zero attached hydrogens (tertiary/aromatic N) is 3. The first-order valence-corrected chi connectivity index (χ1v) is 4.87. The van der Waals surface area contributed by atoms with Crippen molar-refractivity contribution in [1.29, 1.82) is 0 Å². The number of Topliss-reactive ketones (excluding diaryl/α,β-unsaturated/α-hetero) is 1. The van der Waals surface area contributed by atoms with Crippen LogP contribution in [0, 0.1) is 0 Å². The second-order valence-corrected chi connectivity index (χ2v) is 3.61. The molecular weight excluding hydrogens is 194 g/mol. The highest BCUT2D eigenvalue weighted by molar-refractivity contribution is 5.99. The predicted octanol–water partition coefficient (Wildman–Crippen LogP) is -0.0101. The Morgan fingerprint density at radius 2 is 2.27 bits per heavy atom. The lowest BCUT2D eigenvalue weighted by Crippen LogP contribution is -2.44. The van der Waals surface area contributed by atoms with Crippen molar-refractivity contribution in [3.8, 4) is 0 Å². The van der Waals surface area contributed by atoms with Crippen LogP contribution in [0.1, 0.15) is 10.4 Å². The van der Waals surface area contributed by atoms with Gasteiger partial charge in [-0.1, -0.05) is 0 Å². The summed E-state index contributed by atoms with van der Waals surface area (Å²) in [5.41, 5.74) is 0.512. The quantitative estimate of drug-likeness (QED) is 0.638. The van der Waals surface area contributed by atoms with Gasteiger partial charge in [0.2, 0.25) is 0 Å². The zero-order chi connectivity index (χ0) is 10.7. The van der Waals surface area contributed by atoms with Gasteiger partial charge in [0.05, 0.1) is 12.2 Å². The van der Waals surface area contributed by atoms with Crippen molar-refractivity contribution in [1.82, 2.24) is 14.9 Å². The number of carbonyl (C=O) groups is 1. The molecule has 1 aliphatic rings. The van der Waals surface area contributed by atoms with Crippen molar-refractivity contribution in [3.63, 3.8) is 0 Å². The molecule has 0 amide bonds. The molecule has 80 valence electrons. The van der Waals surface area contributed by atoms with Gasteiger partial charge in [0.1, 0.15) is 12.4 Å². The highest BCUT2D eigenvalue weighted by Crippen LogP contribution is 2.09. The molecular formula is C10H13N3O2. The number of aromatic nitrogens is 2. The van der Waals surface area contributed by atoms with Crippen LogP contribution in [0.15, 0.2) is 18.7 Å². The Kier molecular flexibility index (Phi) is 3.03. The highest BCUT2D eigenvalue weighted by Gasteiger charge is 2.25. The lowest BCUT2D eigenvalue weighted by molar-refractivity contribution is -0.00866. The number of likely N-dealkylation sites (N-methyl/N-ethyl adjacent to an activating group) is 1. The van der Waals surface area contributed by atoms with Gasteiger partial charge < -0.3 is 9.64 Å². The molecule has 0 bridgehead atoms. The molecule has 1 unspecified atom stereocenters. The van der Waals surface area contributed by atoms with Crippen LogP contribution in [-0.4, -0.2) is 53.5 Å². The summed E-state index contributed by atoms with van der Waals surface area (Å²) in [5, 5.41) is 0. The van der Waals surface area contributed by atoms with E-state index in [1.165, 1.54) is 18.7 Å². The number of hydrogen-bond donors (Lipinski definition) is 0. The summed E-state index contributed by atoms with van der Waals surface area (Å²) in [5.74, 6) is -0.0397. The summed E-state index contributed by atoms with van der Waals surface area (Å²) in [6, 6.07) is 0. The van der Waals surface area contributed by atoms with E-state index in [0.717, 1.165) is 6.54 Å². The van der Waals surface area contributed by atoms with Crippen molar-refractivity contribution >= 4 is 5.78 Å². The first-order valence-electron chi connectivity index (χ1n) is 4.87. The van der Waals surface area contributed by atoms with Gasteiger partial charge in [-0.05, 0) is 7.05 Å². The second-order valence-electron chi connectivity index (χ2n) is 3.61. The predicted molar refractivity (Wildman–Crippen MR) is 53.6 cm³/mol. The average Bonchev–Trinajstić information content (AvgIpc) is 2.29. The third kappa shape index (κ3) is 2.37. The van der Waals surface area contributed by atoms with Gasteiger partial charge >= 0.3 is 0 Å². The highest BCUT2D eigenvalue weighted by atomic mass is 16.5. The Labute approximate surface area is 88.1 Å². The molecule has 5 nitrogen and oxygen atoms in total. The average molecular weight is 207 g/mol. The van der Waals surface area contributed by atoms with E-state index in [9.17, 15) is 4.79 Å². The van der Waals surface area contributed by atoms with Gasteiger partial charge in [-0.2, -0.15) is 0 Å². The van der Waals surface area contributed by atoms with Crippen LogP contribution in [0.5, 0.6) is 0 Å². The molecule has 0 aromatic carbocycles. The molecule has 0 saturated carbocycles. The van der Waals surface area contributed by atoms with Crippen LogP contribution in [0.4, 0.5) is 0 Å². The summed E-state index contributed by atoms with van der Waals surface area (Å²) in [6.45, 7) is 2.10. The largest absolute Gasteiger partial charge is 0.367 e. The first kappa shape index (κ1) is 10.2. The molecule has 0 N–H and O–H groups in total. The third-order valence-corrected chi connectivity index (χ3v) is 2.41. The van der Waals surface area contributed by atoms with E-state index in [1.807, 2.05) is 7.05 Å². The van der Waals surface area contributed by atoms with E-state index in [2.05, 4.69) is 14.9 Å². The fourth-order valence-corrected chi connectivity index (χ4v) is 1.55. The Balaban J connectivity index is 2.08. The molecule has 1 aliphatic heterocycles. The molecule has 0 spiro atoms. The van der Waals surface area contributed by atoms with Gasteiger partial charge in [0.25, 0.3) is 0 Å². The molecule has 5 heteroatoms. The molecule has 2 heterocycles. The minimum Gasteiger partial charge on any atom is -0.367 e. The molecule has 2 rings (SSSR count). The number of rotatable bonds is 2. The maximum absolute atomic E-state index is 11.9. The van der Waals surface area contributed by atoms with E-state index in [0.29, 0.717) is 18.7 Å². The van der Waals surface area contributed by atoms with Crippen LogP contribution in [-0.2, 0) is 4.74 Å². The Morgan fingerprint density at radius 3 is 2.93 bits per heavy atom. The summed E-state index contributed by atoms with van der Waals surface area (Å²) >= 11 is 0. The van der Waals surface area contributed by atoms with Gasteiger partial charge in [-0.15, -0.1) is 0 Å². The number of morpholine rings is 1. The first-order chi connectivity index (χ1) is 7.27. The summed E-state index contributed by atoms with van der Waals surface area (Å²) < 4.78 is 5.42. The van der Waals surface area contributed by atoms with Crippen molar-refractivity contribution in [2.45, 2.75) is 6.10 Å². The number of hydrogen-bond acceptors (Lipinski definition) is 5. The summed E-state index contributed by atoms with van der Waals surface area (Å²) in [7, 11) is 1.98. The van der Waals surface area contributed by atoms with Crippen molar-refractivity contribution in [2.24, 2.45) is 0 Å². The Hall–Kier alpha value is -1.33. The minimum absolute atomic E-state index is 0.0397. The fraction of sp³-hybridized carbons (Fsp3) is 0.500. The molecule has 0 radical (unpaired) electrons. The van der Waals surface area contributed by atoms with Crippen LogP contribution in [0.3, 0.4) is 0 Å². The summed E-state index contributed by atoms with van der Waals surface area (Å²) in [4.78, 5) is 21.6. The molecule has 15 heavy (non-hydrogen) atoms. The fourth-order valence-electron chi connectivity index (χ4n) is 1.55. The Bertz CT molecular complexity index is 342. The second kappa shape index (κ2) is 4.46. The maximum Gasteiger partial charge on any atom is 0.195 e. The van der Waals surface area contributed by atoms with Gasteiger partial charge in [0.15, 0.2) is 5.78 Å². The van der Waals surface area contributed by atoms with Gasteiger partial charge in [0, 0.05) is 25.5 Å². The molecule has 0 aliphatic carbocycles. The van der Waals surface area contributed by atoms with Gasteiger partial charge in [-0.25, -0.2) is 9.97 Å². The molecule has 1 atom stereocenters. The van der Waals surface area contributed by atoms with Crippen LogP contribution in [0.25, 0.3) is 0 Å². The molecule has 1 saturated heterocycles. The van der Waals surface area contributed by atoms with Crippen molar-refractivity contribution < 1.29 is 9.53 Å². The van der Waals surface area contributed by atoms with E-state index in [1.54, 1.807) is 0 Å². The SMILES string of the molecule is CN1CCOC(C(=O)c2cncnc2)C1. The van der Waals surface area contributed by atoms with E-state index in [-0.39, 0.29) is 11.9 Å². The standard InChI is InChI=1S/C10H13N3O2/c1-13-2-3-15-9(6-13)10(14)8-4-11-7-12-5-8/h4-5,7,9H,2-3,6H2,1H3. The van der Waals surface area contributed by atoms with Gasteiger partial charge in [-0.3, -0.25) is 4.79 Å².